The molecule has 0 spiro atoms. The lowest BCUT2D eigenvalue weighted by atomic mass is 10.1. The van der Waals surface area contributed by atoms with Crippen LogP contribution < -0.4 is 10.0 Å². The van der Waals surface area contributed by atoms with E-state index < -0.39 is 10.0 Å². The number of nitrogens with two attached hydrogens (primary N) is 1. The van der Waals surface area contributed by atoms with Crippen LogP contribution in [0.15, 0.2) is 65.6 Å². The summed E-state index contributed by atoms with van der Waals surface area (Å²) in [6.45, 7) is 1.89. The molecule has 1 aromatic heterocycles. The molecule has 0 unspecified atom stereocenters. The maximum absolute atomic E-state index is 11.8. The molecule has 0 saturated heterocycles. The number of para-hydroxylation sites is 1. The molecule has 134 valence electrons. The first-order valence-electron chi connectivity index (χ1n) is 8.18. The quantitative estimate of drug-likeness (QED) is 0.747. The normalized spacial score (nSPS) is 11.3. The number of benzene rings is 2. The van der Waals surface area contributed by atoms with Gasteiger partial charge in [-0.1, -0.05) is 37.3 Å². The Morgan fingerprint density at radius 3 is 2.31 bits per heavy atom. The summed E-state index contributed by atoms with van der Waals surface area (Å²) in [5.74, 6) is 0.691. The maximum atomic E-state index is 11.8. The number of primary sulfonamides is 1. The maximum Gasteiger partial charge on any atom is 0.238 e. The van der Waals surface area contributed by atoms with Gasteiger partial charge in [0.25, 0.3) is 0 Å². The summed E-state index contributed by atoms with van der Waals surface area (Å²) < 4.78 is 23.7. The average molecular weight is 368 g/mol. The zero-order valence-corrected chi connectivity index (χ0v) is 15.4. The summed E-state index contributed by atoms with van der Waals surface area (Å²) in [7, 11) is -1.88. The molecule has 26 heavy (non-hydrogen) atoms. The summed E-state index contributed by atoms with van der Waals surface area (Å²) in [6.07, 6.45) is 0.582. The van der Waals surface area contributed by atoms with Crippen LogP contribution in [0.3, 0.4) is 0 Å². The van der Waals surface area contributed by atoms with Crippen LogP contribution in [0.1, 0.15) is 12.5 Å². The highest BCUT2D eigenvalue weighted by molar-refractivity contribution is 7.89. The Hall–Kier alpha value is -2.77. The zero-order chi connectivity index (χ0) is 18.7. The molecule has 2 aromatic carbocycles. The SMILES string of the molecule is CCc1ccc(-c2ccc(N(C)c3ccccc3)nn2)cc1S(N)(=O)=O. The van der Waals surface area contributed by atoms with Crippen molar-refractivity contribution in [1.82, 2.24) is 10.2 Å². The molecule has 0 aliphatic rings. The molecule has 0 atom stereocenters. The van der Waals surface area contributed by atoms with Crippen molar-refractivity contribution in [2.24, 2.45) is 5.14 Å². The van der Waals surface area contributed by atoms with E-state index in [-0.39, 0.29) is 4.90 Å². The monoisotopic (exact) mass is 368 g/mol. The van der Waals surface area contributed by atoms with Gasteiger partial charge in [-0.3, -0.25) is 0 Å². The van der Waals surface area contributed by atoms with Gasteiger partial charge in [0.1, 0.15) is 0 Å². The summed E-state index contributed by atoms with van der Waals surface area (Å²) in [6, 6.07) is 18.6. The van der Waals surface area contributed by atoms with Gasteiger partial charge in [0.2, 0.25) is 10.0 Å². The predicted molar refractivity (Wildman–Crippen MR) is 103 cm³/mol. The minimum Gasteiger partial charge on any atom is -0.328 e. The second-order valence-corrected chi connectivity index (χ2v) is 7.42. The van der Waals surface area contributed by atoms with Crippen molar-refractivity contribution in [2.45, 2.75) is 18.2 Å². The molecule has 0 bridgehead atoms. The molecule has 0 aliphatic carbocycles. The standard InChI is InChI=1S/C19H20N4O2S/c1-3-14-9-10-15(13-18(14)26(20,24)25)17-11-12-19(22-21-17)23(2)16-7-5-4-6-8-16/h4-13H,3H2,1-2H3,(H2,20,24,25). The molecule has 0 radical (unpaired) electrons. The number of hydrogen-bond acceptors (Lipinski definition) is 5. The van der Waals surface area contributed by atoms with Crippen LogP contribution in [0.2, 0.25) is 0 Å². The first kappa shape index (κ1) is 18.0. The Balaban J connectivity index is 1.94. The highest BCUT2D eigenvalue weighted by Crippen LogP contribution is 2.26. The van der Waals surface area contributed by atoms with Gasteiger partial charge in [-0.25, -0.2) is 13.6 Å². The van der Waals surface area contributed by atoms with Gasteiger partial charge in [-0.15, -0.1) is 10.2 Å². The van der Waals surface area contributed by atoms with Crippen molar-refractivity contribution in [3.63, 3.8) is 0 Å². The van der Waals surface area contributed by atoms with Crippen LogP contribution in [0, 0.1) is 0 Å². The number of nitrogens with zero attached hydrogens (tertiary/aromatic N) is 3. The van der Waals surface area contributed by atoms with Gasteiger partial charge in [0.05, 0.1) is 10.6 Å². The van der Waals surface area contributed by atoms with Gasteiger partial charge in [0, 0.05) is 18.3 Å². The van der Waals surface area contributed by atoms with E-state index >= 15 is 0 Å². The minimum absolute atomic E-state index is 0.129. The van der Waals surface area contributed by atoms with E-state index in [1.54, 1.807) is 12.1 Å². The lowest BCUT2D eigenvalue weighted by Crippen LogP contribution is -2.14. The highest BCUT2D eigenvalue weighted by Gasteiger charge is 2.15. The average Bonchev–Trinajstić information content (AvgIpc) is 2.67. The van der Waals surface area contributed by atoms with Crippen LogP contribution in [-0.4, -0.2) is 25.7 Å². The molecule has 0 amide bonds. The Morgan fingerprint density at radius 2 is 1.73 bits per heavy atom. The van der Waals surface area contributed by atoms with Crippen molar-refractivity contribution >= 4 is 21.5 Å². The van der Waals surface area contributed by atoms with Gasteiger partial charge < -0.3 is 4.90 Å². The van der Waals surface area contributed by atoms with E-state index in [4.69, 9.17) is 5.14 Å². The fraction of sp³-hybridized carbons (Fsp3) is 0.158. The van der Waals surface area contributed by atoms with Gasteiger partial charge >= 0.3 is 0 Å². The van der Waals surface area contributed by atoms with Gasteiger partial charge in [0.15, 0.2) is 5.82 Å². The zero-order valence-electron chi connectivity index (χ0n) is 14.6. The van der Waals surface area contributed by atoms with Crippen molar-refractivity contribution in [1.29, 1.82) is 0 Å². The van der Waals surface area contributed by atoms with Crippen LogP contribution >= 0.6 is 0 Å². The lowest BCUT2D eigenvalue weighted by Gasteiger charge is -2.17. The van der Waals surface area contributed by atoms with E-state index in [0.29, 0.717) is 29.1 Å². The van der Waals surface area contributed by atoms with E-state index in [2.05, 4.69) is 10.2 Å². The fourth-order valence-electron chi connectivity index (χ4n) is 2.71. The third-order valence-corrected chi connectivity index (χ3v) is 5.18. The van der Waals surface area contributed by atoms with Crippen molar-refractivity contribution < 1.29 is 8.42 Å². The van der Waals surface area contributed by atoms with Crippen LogP contribution in [-0.2, 0) is 16.4 Å². The number of aryl methyl sites for hydroxylation is 1. The molecular formula is C19H20N4O2S. The molecule has 7 heteroatoms. The van der Waals surface area contributed by atoms with Crippen molar-refractivity contribution in [3.05, 3.63) is 66.2 Å². The summed E-state index contributed by atoms with van der Waals surface area (Å²) in [4.78, 5) is 2.05. The highest BCUT2D eigenvalue weighted by atomic mass is 32.2. The molecule has 3 aromatic rings. The van der Waals surface area contributed by atoms with Crippen LogP contribution in [0.4, 0.5) is 11.5 Å². The predicted octanol–water partition coefficient (Wildman–Crippen LogP) is 3.12. The fourth-order valence-corrected chi connectivity index (χ4v) is 3.58. The summed E-state index contributed by atoms with van der Waals surface area (Å²) in [5.41, 5.74) is 2.93. The van der Waals surface area contributed by atoms with E-state index in [9.17, 15) is 8.42 Å². The van der Waals surface area contributed by atoms with Crippen LogP contribution in [0.5, 0.6) is 0 Å². The van der Waals surface area contributed by atoms with Crippen LogP contribution in [0.25, 0.3) is 11.3 Å². The molecule has 2 N–H and O–H groups in total. The second kappa shape index (κ2) is 7.23. The van der Waals surface area contributed by atoms with Gasteiger partial charge in [-0.05, 0) is 42.3 Å². The Bertz CT molecular complexity index is 1000. The third kappa shape index (κ3) is 3.74. The molecule has 1 heterocycles. The largest absolute Gasteiger partial charge is 0.328 e. The Morgan fingerprint density at radius 1 is 1.00 bits per heavy atom. The number of aromatic nitrogens is 2. The molecular weight excluding hydrogens is 348 g/mol. The van der Waals surface area contributed by atoms with Crippen molar-refractivity contribution in [2.75, 3.05) is 11.9 Å². The summed E-state index contributed by atoms with van der Waals surface area (Å²) in [5, 5.41) is 13.8. The van der Waals surface area contributed by atoms with E-state index in [1.807, 2.05) is 67.4 Å². The molecule has 0 saturated carbocycles. The number of anilines is 2. The second-order valence-electron chi connectivity index (χ2n) is 5.89. The first-order chi connectivity index (χ1) is 12.4. The number of rotatable bonds is 5. The molecule has 0 aliphatic heterocycles. The molecule has 3 rings (SSSR count). The summed E-state index contributed by atoms with van der Waals surface area (Å²) >= 11 is 0. The first-order valence-corrected chi connectivity index (χ1v) is 9.73. The van der Waals surface area contributed by atoms with E-state index in [0.717, 1.165) is 5.69 Å². The third-order valence-electron chi connectivity index (χ3n) is 4.19. The Labute approximate surface area is 153 Å². The Kier molecular flexibility index (Phi) is 5.01. The molecule has 6 nitrogen and oxygen atoms in total. The lowest BCUT2D eigenvalue weighted by molar-refractivity contribution is 0.596. The minimum atomic E-state index is -3.79. The number of sulfonamides is 1. The smallest absolute Gasteiger partial charge is 0.238 e. The van der Waals surface area contributed by atoms with Crippen molar-refractivity contribution in [3.8, 4) is 11.3 Å². The van der Waals surface area contributed by atoms with Gasteiger partial charge in [-0.2, -0.15) is 0 Å². The van der Waals surface area contributed by atoms with E-state index in [1.165, 1.54) is 0 Å². The topological polar surface area (TPSA) is 89.2 Å². The molecule has 0 fully saturated rings. The number of hydrogen-bond donors (Lipinski definition) is 1.